The third-order valence-electron chi connectivity index (χ3n) is 5.43. The van der Waals surface area contributed by atoms with Crippen LogP contribution in [0.5, 0.6) is 0 Å². The Labute approximate surface area is 174 Å². The van der Waals surface area contributed by atoms with Crippen molar-refractivity contribution in [1.29, 1.82) is 0 Å². The van der Waals surface area contributed by atoms with Crippen molar-refractivity contribution in [3.63, 3.8) is 0 Å². The van der Waals surface area contributed by atoms with Gasteiger partial charge >= 0.3 is 0 Å². The number of carbonyl (C=O) groups is 1. The van der Waals surface area contributed by atoms with Crippen molar-refractivity contribution in [1.82, 2.24) is 5.43 Å². The summed E-state index contributed by atoms with van der Waals surface area (Å²) in [5, 5.41) is 9.47. The predicted molar refractivity (Wildman–Crippen MR) is 121 cm³/mol. The van der Waals surface area contributed by atoms with Crippen LogP contribution in [0.2, 0.25) is 0 Å². The third-order valence-corrected chi connectivity index (χ3v) is 5.43. The molecule has 0 spiro atoms. The highest BCUT2D eigenvalue weighted by Crippen LogP contribution is 2.13. The minimum atomic E-state index is -0.958. The molecule has 0 aliphatic carbocycles. The van der Waals surface area contributed by atoms with Gasteiger partial charge in [-0.1, -0.05) is 109 Å². The Morgan fingerprint density at radius 1 is 0.750 bits per heavy atom. The van der Waals surface area contributed by atoms with Gasteiger partial charge in [-0.05, 0) is 32.1 Å². The van der Waals surface area contributed by atoms with Gasteiger partial charge in [-0.3, -0.25) is 10.2 Å². The molecule has 1 amide bonds. The lowest BCUT2D eigenvalue weighted by Crippen LogP contribution is -2.38. The molecule has 4 nitrogen and oxygen atoms in total. The number of aliphatic hydroxyl groups excluding tert-OH is 1. The third kappa shape index (κ3) is 19.9. The molecule has 0 aromatic rings. The van der Waals surface area contributed by atoms with E-state index < -0.39 is 12.0 Å². The van der Waals surface area contributed by atoms with E-state index in [0.717, 1.165) is 25.7 Å². The summed E-state index contributed by atoms with van der Waals surface area (Å²) in [4.78, 5) is 11.0. The van der Waals surface area contributed by atoms with Crippen LogP contribution < -0.4 is 11.3 Å². The van der Waals surface area contributed by atoms with Gasteiger partial charge in [0.05, 0.1) is 0 Å². The zero-order valence-corrected chi connectivity index (χ0v) is 18.6. The number of unbranched alkanes of at least 4 members (excludes halogenated alkanes) is 16. The number of nitrogens with two attached hydrogens (primary N) is 1. The fourth-order valence-corrected chi connectivity index (χ4v) is 3.52. The van der Waals surface area contributed by atoms with Crippen molar-refractivity contribution >= 4 is 5.91 Å². The van der Waals surface area contributed by atoms with Crippen LogP contribution in [-0.4, -0.2) is 17.1 Å². The summed E-state index contributed by atoms with van der Waals surface area (Å²) in [7, 11) is 0. The van der Waals surface area contributed by atoms with Crippen LogP contribution in [0.15, 0.2) is 12.2 Å². The lowest BCUT2D eigenvalue weighted by Gasteiger charge is -2.07. The maximum atomic E-state index is 11.0. The SMILES string of the molecule is CCCCCCCCCCCCCCC=CCCCCCCC(O)C(=O)NN. The highest BCUT2D eigenvalue weighted by atomic mass is 16.3. The van der Waals surface area contributed by atoms with E-state index in [1.807, 2.05) is 5.43 Å². The van der Waals surface area contributed by atoms with E-state index in [9.17, 15) is 9.90 Å². The zero-order valence-electron chi connectivity index (χ0n) is 18.6. The molecule has 1 atom stereocenters. The van der Waals surface area contributed by atoms with Gasteiger partial charge in [0.2, 0.25) is 0 Å². The predicted octanol–water partition coefficient (Wildman–Crippen LogP) is 6.33. The standard InChI is InChI=1S/C24H48N2O2/c1-2-3-4-5-6-7-8-9-10-11-12-13-14-15-16-17-18-19-20-21-22-23(27)24(28)26-25/h15-16,23,27H,2-14,17-22,25H2,1H3,(H,26,28). The highest BCUT2D eigenvalue weighted by molar-refractivity contribution is 5.79. The van der Waals surface area contributed by atoms with Crippen molar-refractivity contribution in [3.8, 4) is 0 Å². The first-order valence-corrected chi connectivity index (χ1v) is 12.1. The maximum absolute atomic E-state index is 11.0. The molecule has 28 heavy (non-hydrogen) atoms. The zero-order chi connectivity index (χ0) is 20.7. The number of carbonyl (C=O) groups excluding carboxylic acids is 1. The van der Waals surface area contributed by atoms with Gasteiger partial charge in [0.1, 0.15) is 6.10 Å². The molecule has 0 saturated carbocycles. The summed E-state index contributed by atoms with van der Waals surface area (Å²) in [6, 6.07) is 0. The molecule has 0 fully saturated rings. The number of hydrogen-bond acceptors (Lipinski definition) is 3. The summed E-state index contributed by atoms with van der Waals surface area (Å²) < 4.78 is 0. The van der Waals surface area contributed by atoms with Crippen molar-refractivity contribution < 1.29 is 9.90 Å². The average Bonchev–Trinajstić information content (AvgIpc) is 2.71. The number of allylic oxidation sites excluding steroid dienone is 2. The monoisotopic (exact) mass is 396 g/mol. The van der Waals surface area contributed by atoms with E-state index in [4.69, 9.17) is 5.84 Å². The lowest BCUT2D eigenvalue weighted by molar-refractivity contribution is -0.129. The molecule has 0 saturated heterocycles. The highest BCUT2D eigenvalue weighted by Gasteiger charge is 2.11. The average molecular weight is 397 g/mol. The Bertz CT molecular complexity index is 359. The molecule has 0 heterocycles. The van der Waals surface area contributed by atoms with Crippen molar-refractivity contribution in [3.05, 3.63) is 12.2 Å². The number of amides is 1. The molecule has 0 aliphatic rings. The van der Waals surface area contributed by atoms with Crippen LogP contribution in [0, 0.1) is 0 Å². The summed E-state index contributed by atoms with van der Waals surface area (Å²) in [6.45, 7) is 2.28. The Kier molecular flexibility index (Phi) is 21.7. The van der Waals surface area contributed by atoms with Crippen molar-refractivity contribution in [2.24, 2.45) is 5.84 Å². The van der Waals surface area contributed by atoms with Crippen molar-refractivity contribution in [2.75, 3.05) is 0 Å². The van der Waals surface area contributed by atoms with Gasteiger partial charge in [-0.15, -0.1) is 0 Å². The van der Waals surface area contributed by atoms with Crippen LogP contribution in [-0.2, 0) is 4.79 Å². The van der Waals surface area contributed by atoms with E-state index in [1.54, 1.807) is 0 Å². The molecule has 4 heteroatoms. The molecule has 166 valence electrons. The normalized spacial score (nSPS) is 12.5. The van der Waals surface area contributed by atoms with E-state index in [-0.39, 0.29) is 0 Å². The fraction of sp³-hybridized carbons (Fsp3) is 0.875. The summed E-state index contributed by atoms with van der Waals surface area (Å²) in [5.41, 5.74) is 1.98. The fourth-order valence-electron chi connectivity index (χ4n) is 3.52. The van der Waals surface area contributed by atoms with Gasteiger partial charge in [-0.25, -0.2) is 5.84 Å². The van der Waals surface area contributed by atoms with E-state index in [1.165, 1.54) is 89.9 Å². The number of rotatable bonds is 21. The molecule has 0 aromatic carbocycles. The first-order chi connectivity index (χ1) is 13.7. The topological polar surface area (TPSA) is 75.3 Å². The Morgan fingerprint density at radius 2 is 1.14 bits per heavy atom. The molecular formula is C24H48N2O2. The van der Waals surface area contributed by atoms with Crippen LogP contribution >= 0.6 is 0 Å². The number of nitrogens with one attached hydrogen (secondary N) is 1. The molecule has 0 aliphatic heterocycles. The van der Waals surface area contributed by atoms with Crippen LogP contribution in [0.4, 0.5) is 0 Å². The lowest BCUT2D eigenvalue weighted by atomic mass is 10.0. The molecule has 1 unspecified atom stereocenters. The Morgan fingerprint density at radius 3 is 1.57 bits per heavy atom. The first kappa shape index (κ1) is 27.1. The van der Waals surface area contributed by atoms with E-state index in [2.05, 4.69) is 19.1 Å². The van der Waals surface area contributed by atoms with Gasteiger partial charge in [0.15, 0.2) is 0 Å². The second-order valence-corrected chi connectivity index (χ2v) is 8.17. The maximum Gasteiger partial charge on any atom is 0.262 e. The Hall–Kier alpha value is -0.870. The number of aliphatic hydroxyl groups is 1. The van der Waals surface area contributed by atoms with Crippen molar-refractivity contribution in [2.45, 2.75) is 135 Å². The van der Waals surface area contributed by atoms with Gasteiger partial charge in [0, 0.05) is 0 Å². The molecule has 0 aromatic heterocycles. The van der Waals surface area contributed by atoms with E-state index >= 15 is 0 Å². The summed E-state index contributed by atoms with van der Waals surface area (Å²) >= 11 is 0. The first-order valence-electron chi connectivity index (χ1n) is 12.1. The van der Waals surface area contributed by atoms with E-state index in [0.29, 0.717) is 6.42 Å². The van der Waals surface area contributed by atoms with Crippen LogP contribution in [0.1, 0.15) is 129 Å². The van der Waals surface area contributed by atoms with Gasteiger partial charge in [-0.2, -0.15) is 0 Å². The second kappa shape index (κ2) is 22.4. The number of hydrazine groups is 1. The molecule has 0 bridgehead atoms. The van der Waals surface area contributed by atoms with Gasteiger partial charge in [0.25, 0.3) is 5.91 Å². The largest absolute Gasteiger partial charge is 0.383 e. The smallest absolute Gasteiger partial charge is 0.262 e. The molecule has 0 radical (unpaired) electrons. The minimum absolute atomic E-state index is 0.485. The van der Waals surface area contributed by atoms with Gasteiger partial charge < -0.3 is 5.11 Å². The molecule has 0 rings (SSSR count). The molecule has 4 N–H and O–H groups in total. The Balaban J connectivity index is 3.17. The minimum Gasteiger partial charge on any atom is -0.383 e. The second-order valence-electron chi connectivity index (χ2n) is 8.17. The number of hydrogen-bond donors (Lipinski definition) is 3. The summed E-state index contributed by atoms with van der Waals surface area (Å²) in [6.07, 6.45) is 27.7. The van der Waals surface area contributed by atoms with Crippen LogP contribution in [0.25, 0.3) is 0 Å². The molecular weight excluding hydrogens is 348 g/mol. The van der Waals surface area contributed by atoms with Crippen LogP contribution in [0.3, 0.4) is 0 Å². The summed E-state index contributed by atoms with van der Waals surface area (Å²) in [5.74, 6) is 4.50. The quantitative estimate of drug-likeness (QED) is 0.0698.